The van der Waals surface area contributed by atoms with Crippen LogP contribution in [-0.4, -0.2) is 23.5 Å². The van der Waals surface area contributed by atoms with Crippen molar-refractivity contribution in [2.45, 2.75) is 36.9 Å². The molecular formula is C15H19BrFNOS. The first-order chi connectivity index (χ1) is 9.56. The van der Waals surface area contributed by atoms with E-state index >= 15 is 0 Å². The number of thioether (sulfide) groups is 1. The minimum atomic E-state index is -0.487. The fraction of sp³-hybridized carbons (Fsp3) is 0.533. The number of carbonyl (C=O) groups is 1. The second kappa shape index (κ2) is 6.94. The van der Waals surface area contributed by atoms with Crippen LogP contribution in [0.2, 0.25) is 0 Å². The van der Waals surface area contributed by atoms with Crippen LogP contribution in [0.1, 0.15) is 42.5 Å². The second-order valence-corrected chi connectivity index (χ2v) is 7.44. The van der Waals surface area contributed by atoms with Crippen molar-refractivity contribution in [3.8, 4) is 0 Å². The van der Waals surface area contributed by atoms with Crippen molar-refractivity contribution in [1.29, 1.82) is 0 Å². The van der Waals surface area contributed by atoms with Gasteiger partial charge in [-0.3, -0.25) is 4.79 Å². The third kappa shape index (κ3) is 3.76. The van der Waals surface area contributed by atoms with Gasteiger partial charge in [-0.05, 0) is 37.3 Å². The summed E-state index contributed by atoms with van der Waals surface area (Å²) < 4.78 is 14.5. The first kappa shape index (κ1) is 15.8. The molecular weight excluding hydrogens is 341 g/mol. The Labute approximate surface area is 132 Å². The maximum absolute atomic E-state index is 13.7. The number of carbonyl (C=O) groups excluding carboxylic acids is 1. The number of hydrogen-bond acceptors (Lipinski definition) is 2. The monoisotopic (exact) mass is 359 g/mol. The van der Waals surface area contributed by atoms with Crippen LogP contribution >= 0.6 is 27.7 Å². The van der Waals surface area contributed by atoms with E-state index in [1.54, 1.807) is 6.07 Å². The fourth-order valence-electron chi connectivity index (χ4n) is 2.66. The van der Waals surface area contributed by atoms with Gasteiger partial charge in [0.1, 0.15) is 5.82 Å². The Morgan fingerprint density at radius 2 is 2.10 bits per heavy atom. The molecule has 0 bridgehead atoms. The number of rotatable bonds is 4. The molecule has 0 aliphatic heterocycles. The van der Waals surface area contributed by atoms with Gasteiger partial charge >= 0.3 is 0 Å². The van der Waals surface area contributed by atoms with E-state index in [0.717, 1.165) is 12.8 Å². The van der Waals surface area contributed by atoms with Gasteiger partial charge in [-0.25, -0.2) is 4.39 Å². The van der Waals surface area contributed by atoms with E-state index in [0.29, 0.717) is 11.0 Å². The summed E-state index contributed by atoms with van der Waals surface area (Å²) in [6.07, 6.45) is 8.04. The lowest BCUT2D eigenvalue weighted by atomic mass is 9.88. The van der Waals surface area contributed by atoms with Crippen LogP contribution in [0.5, 0.6) is 0 Å². The maximum atomic E-state index is 13.7. The highest BCUT2D eigenvalue weighted by molar-refractivity contribution is 9.10. The average Bonchev–Trinajstić information content (AvgIpc) is 2.46. The van der Waals surface area contributed by atoms with Crippen molar-refractivity contribution in [1.82, 2.24) is 5.32 Å². The zero-order chi connectivity index (χ0) is 14.6. The van der Waals surface area contributed by atoms with E-state index < -0.39 is 5.82 Å². The van der Waals surface area contributed by atoms with Gasteiger partial charge in [0.15, 0.2) is 0 Å². The Hall–Kier alpha value is -0.550. The molecule has 1 saturated carbocycles. The summed E-state index contributed by atoms with van der Waals surface area (Å²) in [5, 5.41) is 2.91. The van der Waals surface area contributed by atoms with Gasteiger partial charge in [-0.2, -0.15) is 11.8 Å². The molecule has 1 aromatic carbocycles. The van der Waals surface area contributed by atoms with Crippen molar-refractivity contribution >= 4 is 33.6 Å². The van der Waals surface area contributed by atoms with Gasteiger partial charge in [0.25, 0.3) is 5.91 Å². The summed E-state index contributed by atoms with van der Waals surface area (Å²) in [6, 6.07) is 4.52. The van der Waals surface area contributed by atoms with Crippen molar-refractivity contribution in [2.24, 2.45) is 0 Å². The molecule has 0 spiro atoms. The largest absolute Gasteiger partial charge is 0.351 e. The Morgan fingerprint density at radius 3 is 2.70 bits per heavy atom. The average molecular weight is 360 g/mol. The second-order valence-electron chi connectivity index (χ2n) is 5.25. The summed E-state index contributed by atoms with van der Waals surface area (Å²) in [5.41, 5.74) is 0.111. The van der Waals surface area contributed by atoms with E-state index in [1.807, 2.05) is 11.8 Å². The Bertz CT molecular complexity index is 489. The molecule has 2 nitrogen and oxygen atoms in total. The molecule has 1 aromatic rings. The van der Waals surface area contributed by atoms with Gasteiger partial charge in [-0.15, -0.1) is 0 Å². The van der Waals surface area contributed by atoms with Gasteiger partial charge in [-0.1, -0.05) is 35.2 Å². The highest BCUT2D eigenvalue weighted by Gasteiger charge is 2.31. The van der Waals surface area contributed by atoms with E-state index in [2.05, 4.69) is 27.5 Å². The Kier molecular flexibility index (Phi) is 5.49. The number of amides is 1. The maximum Gasteiger partial charge on any atom is 0.254 e. The summed E-state index contributed by atoms with van der Waals surface area (Å²) >= 11 is 5.01. The molecule has 0 saturated heterocycles. The fourth-order valence-corrected chi connectivity index (χ4v) is 3.91. The van der Waals surface area contributed by atoms with Crippen LogP contribution < -0.4 is 5.32 Å². The lowest BCUT2D eigenvalue weighted by Crippen LogP contribution is -2.42. The van der Waals surface area contributed by atoms with Crippen LogP contribution in [0, 0.1) is 5.82 Å². The highest BCUT2D eigenvalue weighted by Crippen LogP contribution is 2.38. The summed E-state index contributed by atoms with van der Waals surface area (Å²) in [5.74, 6) is -0.812. The normalized spacial score (nSPS) is 17.8. The van der Waals surface area contributed by atoms with Crippen molar-refractivity contribution in [3.63, 3.8) is 0 Å². The summed E-state index contributed by atoms with van der Waals surface area (Å²) in [7, 11) is 0. The van der Waals surface area contributed by atoms with Gasteiger partial charge in [0.05, 0.1) is 5.56 Å². The predicted octanol–water partition coefficient (Wildman–Crippen LogP) is 4.38. The molecule has 0 aromatic heterocycles. The third-order valence-electron chi connectivity index (χ3n) is 3.94. The van der Waals surface area contributed by atoms with E-state index in [-0.39, 0.29) is 16.2 Å². The molecule has 0 unspecified atom stereocenters. The number of nitrogens with one attached hydrogen (secondary N) is 1. The molecule has 0 atom stereocenters. The van der Waals surface area contributed by atoms with Crippen LogP contribution in [0.15, 0.2) is 22.7 Å². The van der Waals surface area contributed by atoms with E-state index in [1.165, 1.54) is 31.4 Å². The smallest absolute Gasteiger partial charge is 0.254 e. The van der Waals surface area contributed by atoms with E-state index in [4.69, 9.17) is 0 Å². The summed E-state index contributed by atoms with van der Waals surface area (Å²) in [6.45, 7) is 0.614. The quantitative estimate of drug-likeness (QED) is 0.863. The predicted molar refractivity (Wildman–Crippen MR) is 85.8 cm³/mol. The molecule has 110 valence electrons. The van der Waals surface area contributed by atoms with Crippen LogP contribution in [-0.2, 0) is 0 Å². The molecule has 0 heterocycles. The molecule has 1 amide bonds. The molecule has 2 rings (SSSR count). The SMILES string of the molecule is CSC1(CNC(=O)c2ccc(Br)cc2F)CCCCC1. The van der Waals surface area contributed by atoms with E-state index in [9.17, 15) is 9.18 Å². The number of halogens is 2. The molecule has 1 aliphatic carbocycles. The van der Waals surface area contributed by atoms with Gasteiger partial charge < -0.3 is 5.32 Å². The lowest BCUT2D eigenvalue weighted by Gasteiger charge is -2.35. The topological polar surface area (TPSA) is 29.1 Å². The third-order valence-corrected chi connectivity index (χ3v) is 5.86. The van der Waals surface area contributed by atoms with Gasteiger partial charge in [0, 0.05) is 15.8 Å². The minimum Gasteiger partial charge on any atom is -0.351 e. The molecule has 1 fully saturated rings. The lowest BCUT2D eigenvalue weighted by molar-refractivity contribution is 0.0943. The molecule has 20 heavy (non-hydrogen) atoms. The minimum absolute atomic E-state index is 0.111. The molecule has 0 radical (unpaired) electrons. The van der Waals surface area contributed by atoms with Crippen molar-refractivity contribution in [3.05, 3.63) is 34.1 Å². The molecule has 1 N–H and O–H groups in total. The van der Waals surface area contributed by atoms with Crippen LogP contribution in [0.25, 0.3) is 0 Å². The van der Waals surface area contributed by atoms with Crippen LogP contribution in [0.3, 0.4) is 0 Å². The number of hydrogen-bond donors (Lipinski definition) is 1. The zero-order valence-corrected chi connectivity index (χ0v) is 13.9. The Balaban J connectivity index is 2.00. The van der Waals surface area contributed by atoms with Crippen LogP contribution in [0.4, 0.5) is 4.39 Å². The first-order valence-corrected chi connectivity index (χ1v) is 8.86. The highest BCUT2D eigenvalue weighted by atomic mass is 79.9. The molecule has 1 aliphatic rings. The standard InChI is InChI=1S/C15H19BrFNOS/c1-20-15(7-3-2-4-8-15)10-18-14(19)12-6-5-11(16)9-13(12)17/h5-6,9H,2-4,7-8,10H2,1H3,(H,18,19). The zero-order valence-electron chi connectivity index (χ0n) is 11.5. The van der Waals surface area contributed by atoms with Crippen molar-refractivity contribution < 1.29 is 9.18 Å². The molecule has 5 heteroatoms. The Morgan fingerprint density at radius 1 is 1.40 bits per heavy atom. The number of benzene rings is 1. The van der Waals surface area contributed by atoms with Crippen molar-refractivity contribution in [2.75, 3.05) is 12.8 Å². The van der Waals surface area contributed by atoms with Gasteiger partial charge in [0.2, 0.25) is 0 Å². The first-order valence-electron chi connectivity index (χ1n) is 6.85. The summed E-state index contributed by atoms with van der Waals surface area (Å²) in [4.78, 5) is 12.1.